The quantitative estimate of drug-likeness (QED) is 0.420. The normalized spacial score (nSPS) is 24.8. The third kappa shape index (κ3) is 5.33. The van der Waals surface area contributed by atoms with Crippen molar-refractivity contribution in [3.63, 3.8) is 0 Å². The molecule has 2 saturated heterocycles. The SMILES string of the molecule is CC1=CCC2C(=O)N(CC#CCN3CCN(C/C=C/c4ccccc4)CC3)C(=O)C2C1. The molecule has 2 fully saturated rings. The maximum atomic E-state index is 12.6. The van der Waals surface area contributed by atoms with Gasteiger partial charge in [0, 0.05) is 32.7 Å². The Labute approximate surface area is 185 Å². The van der Waals surface area contributed by atoms with Crippen molar-refractivity contribution in [1.82, 2.24) is 14.7 Å². The molecule has 3 aliphatic rings. The van der Waals surface area contributed by atoms with Crippen LogP contribution in [0.4, 0.5) is 0 Å². The highest BCUT2D eigenvalue weighted by atomic mass is 16.2. The molecule has 0 aromatic heterocycles. The van der Waals surface area contributed by atoms with Crippen molar-refractivity contribution < 1.29 is 9.59 Å². The van der Waals surface area contributed by atoms with Gasteiger partial charge in [0.25, 0.3) is 0 Å². The summed E-state index contributed by atoms with van der Waals surface area (Å²) in [5.41, 5.74) is 2.45. The van der Waals surface area contributed by atoms with Crippen molar-refractivity contribution >= 4 is 17.9 Å². The first-order chi connectivity index (χ1) is 15.1. The van der Waals surface area contributed by atoms with E-state index in [0.717, 1.165) is 32.7 Å². The molecule has 1 aromatic carbocycles. The van der Waals surface area contributed by atoms with Gasteiger partial charge < -0.3 is 0 Å². The summed E-state index contributed by atoms with van der Waals surface area (Å²) in [6, 6.07) is 10.4. The number of rotatable bonds is 5. The van der Waals surface area contributed by atoms with Gasteiger partial charge >= 0.3 is 0 Å². The number of imide groups is 1. The second-order valence-electron chi connectivity index (χ2n) is 8.71. The fourth-order valence-corrected chi connectivity index (χ4v) is 4.60. The molecule has 0 spiro atoms. The maximum absolute atomic E-state index is 12.6. The Morgan fingerprint density at radius 1 is 0.935 bits per heavy atom. The van der Waals surface area contributed by atoms with Crippen LogP contribution < -0.4 is 0 Å². The zero-order chi connectivity index (χ0) is 21.6. The van der Waals surface area contributed by atoms with Gasteiger partial charge in [-0.05, 0) is 25.3 Å². The molecule has 2 aliphatic heterocycles. The van der Waals surface area contributed by atoms with Crippen molar-refractivity contribution in [2.45, 2.75) is 19.8 Å². The van der Waals surface area contributed by atoms with E-state index in [0.29, 0.717) is 19.4 Å². The molecule has 1 aliphatic carbocycles. The smallest absolute Gasteiger partial charge is 0.234 e. The fourth-order valence-electron chi connectivity index (χ4n) is 4.60. The van der Waals surface area contributed by atoms with E-state index < -0.39 is 0 Å². The number of amides is 2. The third-order valence-corrected chi connectivity index (χ3v) is 6.52. The van der Waals surface area contributed by atoms with Gasteiger partial charge in [0.05, 0.1) is 24.9 Å². The summed E-state index contributed by atoms with van der Waals surface area (Å²) in [6.07, 6.45) is 7.90. The molecule has 31 heavy (non-hydrogen) atoms. The van der Waals surface area contributed by atoms with Gasteiger partial charge in [-0.25, -0.2) is 0 Å². The Morgan fingerprint density at radius 3 is 2.39 bits per heavy atom. The molecule has 2 heterocycles. The van der Waals surface area contributed by atoms with Gasteiger partial charge in [-0.3, -0.25) is 24.3 Å². The molecule has 2 atom stereocenters. The zero-order valence-corrected chi connectivity index (χ0v) is 18.3. The number of carbonyl (C=O) groups is 2. The lowest BCUT2D eigenvalue weighted by Gasteiger charge is -2.32. The Kier molecular flexibility index (Phi) is 7.01. The van der Waals surface area contributed by atoms with Crippen LogP contribution >= 0.6 is 0 Å². The summed E-state index contributed by atoms with van der Waals surface area (Å²) < 4.78 is 0. The average molecular weight is 418 g/mol. The summed E-state index contributed by atoms with van der Waals surface area (Å²) in [7, 11) is 0. The van der Waals surface area contributed by atoms with Gasteiger partial charge in [-0.1, -0.05) is 66.0 Å². The predicted molar refractivity (Wildman–Crippen MR) is 123 cm³/mol. The van der Waals surface area contributed by atoms with E-state index in [2.05, 4.69) is 64.1 Å². The number of piperazine rings is 1. The first-order valence-corrected chi connectivity index (χ1v) is 11.2. The molecule has 0 bridgehead atoms. The number of nitrogens with zero attached hydrogens (tertiary/aromatic N) is 3. The van der Waals surface area contributed by atoms with E-state index in [1.165, 1.54) is 16.0 Å². The minimum Gasteiger partial charge on any atom is -0.297 e. The Hall–Kier alpha value is -2.68. The largest absolute Gasteiger partial charge is 0.297 e. The van der Waals surface area contributed by atoms with Crippen molar-refractivity contribution in [1.29, 1.82) is 0 Å². The third-order valence-electron chi connectivity index (χ3n) is 6.52. The van der Waals surface area contributed by atoms with E-state index in [9.17, 15) is 9.59 Å². The first-order valence-electron chi connectivity index (χ1n) is 11.2. The molecule has 5 nitrogen and oxygen atoms in total. The average Bonchev–Trinajstić information content (AvgIpc) is 3.02. The molecule has 0 saturated carbocycles. The highest BCUT2D eigenvalue weighted by Gasteiger charge is 2.47. The van der Waals surface area contributed by atoms with Gasteiger partial charge in [0.15, 0.2) is 0 Å². The highest BCUT2D eigenvalue weighted by Crippen LogP contribution is 2.37. The lowest BCUT2D eigenvalue weighted by molar-refractivity contribution is -0.139. The summed E-state index contributed by atoms with van der Waals surface area (Å²) in [5, 5.41) is 0. The molecule has 0 N–H and O–H groups in total. The summed E-state index contributed by atoms with van der Waals surface area (Å²) in [5.74, 6) is 5.85. The second-order valence-corrected chi connectivity index (χ2v) is 8.71. The molecule has 2 amide bonds. The molecular weight excluding hydrogens is 386 g/mol. The van der Waals surface area contributed by atoms with Crippen molar-refractivity contribution in [2.24, 2.45) is 11.8 Å². The highest BCUT2D eigenvalue weighted by molar-refractivity contribution is 6.05. The number of fused-ring (bicyclic) bond motifs is 1. The van der Waals surface area contributed by atoms with Gasteiger partial charge in [-0.2, -0.15) is 0 Å². The van der Waals surface area contributed by atoms with E-state index in [4.69, 9.17) is 0 Å². The van der Waals surface area contributed by atoms with Crippen LogP contribution in [0.25, 0.3) is 6.08 Å². The molecule has 4 rings (SSSR count). The lowest BCUT2D eigenvalue weighted by atomic mass is 9.82. The van der Waals surface area contributed by atoms with Crippen molar-refractivity contribution in [2.75, 3.05) is 45.8 Å². The van der Waals surface area contributed by atoms with Gasteiger partial charge in [0.1, 0.15) is 0 Å². The van der Waals surface area contributed by atoms with Crippen LogP contribution in [-0.2, 0) is 9.59 Å². The summed E-state index contributed by atoms with van der Waals surface area (Å²) in [4.78, 5) is 31.3. The predicted octanol–water partition coefficient (Wildman–Crippen LogP) is 2.66. The van der Waals surface area contributed by atoms with E-state index in [1.54, 1.807) is 0 Å². The maximum Gasteiger partial charge on any atom is 0.234 e. The van der Waals surface area contributed by atoms with Crippen LogP contribution in [0.1, 0.15) is 25.3 Å². The summed E-state index contributed by atoms with van der Waals surface area (Å²) >= 11 is 0. The Morgan fingerprint density at radius 2 is 1.61 bits per heavy atom. The molecule has 5 heteroatoms. The van der Waals surface area contributed by atoms with Crippen molar-refractivity contribution in [3.05, 3.63) is 53.6 Å². The van der Waals surface area contributed by atoms with E-state index >= 15 is 0 Å². The lowest BCUT2D eigenvalue weighted by Crippen LogP contribution is -2.46. The van der Waals surface area contributed by atoms with Crippen LogP contribution in [0, 0.1) is 23.7 Å². The second kappa shape index (κ2) is 10.1. The topological polar surface area (TPSA) is 43.9 Å². The molecule has 0 radical (unpaired) electrons. The van der Waals surface area contributed by atoms with E-state index in [1.807, 2.05) is 13.0 Å². The fraction of sp³-hybridized carbons (Fsp3) is 0.462. The monoisotopic (exact) mass is 417 g/mol. The van der Waals surface area contributed by atoms with Crippen LogP contribution in [0.3, 0.4) is 0 Å². The van der Waals surface area contributed by atoms with Crippen LogP contribution in [0.15, 0.2) is 48.1 Å². The van der Waals surface area contributed by atoms with Crippen LogP contribution in [0.5, 0.6) is 0 Å². The summed E-state index contributed by atoms with van der Waals surface area (Å²) in [6.45, 7) is 7.96. The minimum absolute atomic E-state index is 0.0334. The molecule has 2 unspecified atom stereocenters. The Balaban J connectivity index is 1.18. The zero-order valence-electron chi connectivity index (χ0n) is 18.3. The standard InChI is InChI=1S/C26H31N3O2/c1-21-11-12-23-24(20-21)26(31)29(25(23)30)15-6-5-13-27-16-18-28(19-17-27)14-7-10-22-8-3-2-4-9-22/h2-4,7-11,23-24H,12-20H2,1H3/b10-7+. The number of hydrogen-bond donors (Lipinski definition) is 0. The van der Waals surface area contributed by atoms with Crippen LogP contribution in [-0.4, -0.2) is 72.3 Å². The minimum atomic E-state index is -0.165. The molecular formula is C26H31N3O2. The number of likely N-dealkylation sites (tertiary alicyclic amines) is 1. The number of carbonyl (C=O) groups excluding carboxylic acids is 2. The number of hydrogen-bond acceptors (Lipinski definition) is 4. The number of benzene rings is 1. The van der Waals surface area contributed by atoms with Crippen molar-refractivity contribution in [3.8, 4) is 11.8 Å². The first kappa shape index (κ1) is 21.5. The van der Waals surface area contributed by atoms with Crippen LogP contribution in [0.2, 0.25) is 0 Å². The molecule has 1 aromatic rings. The van der Waals surface area contributed by atoms with Gasteiger partial charge in [-0.15, -0.1) is 0 Å². The van der Waals surface area contributed by atoms with E-state index in [-0.39, 0.29) is 30.2 Å². The Bertz CT molecular complexity index is 917. The van der Waals surface area contributed by atoms with Gasteiger partial charge in [0.2, 0.25) is 11.8 Å². The number of allylic oxidation sites excluding steroid dienone is 2. The molecule has 162 valence electrons.